The van der Waals surface area contributed by atoms with E-state index in [1.54, 1.807) is 12.1 Å². The molecule has 0 spiro atoms. The van der Waals surface area contributed by atoms with Gasteiger partial charge < -0.3 is 5.11 Å². The van der Waals surface area contributed by atoms with Crippen molar-refractivity contribution in [3.05, 3.63) is 63.2 Å². The fourth-order valence-electron chi connectivity index (χ4n) is 1.86. The fraction of sp³-hybridized carbons (Fsp3) is 0.375. The van der Waals surface area contributed by atoms with Gasteiger partial charge in [0.2, 0.25) is 0 Å². The molecule has 0 saturated heterocycles. The fourth-order valence-corrected chi connectivity index (χ4v) is 1.86. The van der Waals surface area contributed by atoms with Gasteiger partial charge in [-0.25, -0.2) is 0 Å². The van der Waals surface area contributed by atoms with Crippen molar-refractivity contribution in [3.8, 4) is 0 Å². The van der Waals surface area contributed by atoms with Gasteiger partial charge in [-0.15, -0.1) is 0 Å². The summed E-state index contributed by atoms with van der Waals surface area (Å²) in [6, 6.07) is 6.10. The quantitative estimate of drug-likeness (QED) is 0.477. The van der Waals surface area contributed by atoms with E-state index in [1.165, 1.54) is 23.3 Å². The van der Waals surface area contributed by atoms with Crippen molar-refractivity contribution in [1.82, 2.24) is 0 Å². The minimum Gasteiger partial charge on any atom is -0.388 e. The zero-order valence-electron chi connectivity index (χ0n) is 12.2. The lowest BCUT2D eigenvalue weighted by atomic mass is 9.96. The van der Waals surface area contributed by atoms with Gasteiger partial charge in [0.1, 0.15) is 0 Å². The number of rotatable bonds is 6. The Hall–Kier alpha value is -1.94. The number of non-ortho nitro benzene ring substituents is 1. The minimum atomic E-state index is -0.757. The first-order valence-corrected chi connectivity index (χ1v) is 6.53. The number of nitro groups is 1. The Labute approximate surface area is 119 Å². The van der Waals surface area contributed by atoms with E-state index in [0.29, 0.717) is 12.0 Å². The summed E-state index contributed by atoms with van der Waals surface area (Å²) >= 11 is 0. The van der Waals surface area contributed by atoms with Crippen molar-refractivity contribution in [3.63, 3.8) is 0 Å². The number of benzene rings is 1. The van der Waals surface area contributed by atoms with Gasteiger partial charge in [-0.3, -0.25) is 10.1 Å². The van der Waals surface area contributed by atoms with Crippen LogP contribution in [-0.2, 0) is 0 Å². The molecule has 4 heteroatoms. The van der Waals surface area contributed by atoms with Crippen LogP contribution in [0.2, 0.25) is 0 Å². The third kappa shape index (κ3) is 4.63. The molecule has 0 fully saturated rings. The molecule has 0 radical (unpaired) electrons. The summed E-state index contributed by atoms with van der Waals surface area (Å²) in [4.78, 5) is 10.3. The molecule has 0 saturated carbocycles. The highest BCUT2D eigenvalue weighted by Gasteiger charge is 2.13. The van der Waals surface area contributed by atoms with Crippen LogP contribution in [0.4, 0.5) is 5.69 Å². The molecule has 1 aromatic carbocycles. The highest BCUT2D eigenvalue weighted by atomic mass is 16.6. The molecule has 1 rings (SSSR count). The summed E-state index contributed by atoms with van der Waals surface area (Å²) < 4.78 is 0. The molecule has 20 heavy (non-hydrogen) atoms. The largest absolute Gasteiger partial charge is 0.388 e. The molecule has 0 heterocycles. The summed E-state index contributed by atoms with van der Waals surface area (Å²) in [6.07, 6.45) is 0.396. The number of allylic oxidation sites excluding steroid dienone is 2. The van der Waals surface area contributed by atoms with Crippen molar-refractivity contribution in [2.24, 2.45) is 0 Å². The van der Waals surface area contributed by atoms with Crippen LogP contribution in [-0.4, -0.2) is 10.0 Å². The Morgan fingerprint density at radius 3 is 2.60 bits per heavy atom. The van der Waals surface area contributed by atoms with Crippen LogP contribution in [0.15, 0.2) is 47.6 Å². The average molecular weight is 275 g/mol. The first-order valence-electron chi connectivity index (χ1n) is 6.53. The summed E-state index contributed by atoms with van der Waals surface area (Å²) in [7, 11) is 0. The first kappa shape index (κ1) is 16.1. The van der Waals surface area contributed by atoms with E-state index in [1.807, 2.05) is 20.8 Å². The second kappa shape index (κ2) is 7.01. The van der Waals surface area contributed by atoms with Gasteiger partial charge in [0.25, 0.3) is 5.69 Å². The molecule has 0 aromatic heterocycles. The Morgan fingerprint density at radius 2 is 2.05 bits per heavy atom. The lowest BCUT2D eigenvalue weighted by molar-refractivity contribution is -0.385. The smallest absolute Gasteiger partial charge is 0.269 e. The maximum atomic E-state index is 10.7. The molecule has 0 amide bonds. The Morgan fingerprint density at radius 1 is 1.40 bits per heavy atom. The predicted octanol–water partition coefficient (Wildman–Crippen LogP) is 4.32. The Kier molecular flexibility index (Phi) is 5.65. The molecule has 0 aliphatic heterocycles. The molecular weight excluding hydrogens is 254 g/mol. The van der Waals surface area contributed by atoms with E-state index in [0.717, 1.165) is 12.0 Å². The molecule has 0 bridgehead atoms. The van der Waals surface area contributed by atoms with E-state index >= 15 is 0 Å². The minimum absolute atomic E-state index is 0.00681. The van der Waals surface area contributed by atoms with Crippen LogP contribution in [0.1, 0.15) is 45.3 Å². The lowest BCUT2D eigenvalue weighted by Crippen LogP contribution is -2.00. The van der Waals surface area contributed by atoms with Crippen LogP contribution in [0.3, 0.4) is 0 Å². The number of aliphatic hydroxyl groups excluding tert-OH is 1. The lowest BCUT2D eigenvalue weighted by Gasteiger charge is -2.14. The first-order chi connectivity index (χ1) is 9.31. The summed E-state index contributed by atoms with van der Waals surface area (Å²) in [5.74, 6) is 0. The molecule has 4 nitrogen and oxygen atoms in total. The Bertz CT molecular complexity index is 542. The molecule has 0 aliphatic rings. The standard InChI is InChI=1S/C16H21NO3/c1-11(2)13(4)8-12(3)9-16(18)14-6-5-7-15(10-14)17(19)20/h5-7,10,16,18H,3,8-9H2,1-2,4H3. The van der Waals surface area contributed by atoms with E-state index in [9.17, 15) is 15.2 Å². The van der Waals surface area contributed by atoms with Gasteiger partial charge in [0.15, 0.2) is 0 Å². The highest BCUT2D eigenvalue weighted by Crippen LogP contribution is 2.26. The summed E-state index contributed by atoms with van der Waals surface area (Å²) in [5.41, 5.74) is 3.95. The topological polar surface area (TPSA) is 63.4 Å². The molecule has 108 valence electrons. The number of hydrogen-bond acceptors (Lipinski definition) is 3. The maximum absolute atomic E-state index is 10.7. The third-order valence-corrected chi connectivity index (χ3v) is 3.32. The van der Waals surface area contributed by atoms with Gasteiger partial charge >= 0.3 is 0 Å². The van der Waals surface area contributed by atoms with Crippen LogP contribution in [0.25, 0.3) is 0 Å². The Balaban J connectivity index is 2.74. The van der Waals surface area contributed by atoms with E-state index in [2.05, 4.69) is 6.58 Å². The molecule has 1 unspecified atom stereocenters. The van der Waals surface area contributed by atoms with E-state index in [4.69, 9.17) is 0 Å². The molecule has 1 aromatic rings. The summed E-state index contributed by atoms with van der Waals surface area (Å²) in [5, 5.41) is 20.9. The number of nitrogens with zero attached hydrogens (tertiary/aromatic N) is 1. The van der Waals surface area contributed by atoms with Crippen molar-refractivity contribution < 1.29 is 10.0 Å². The van der Waals surface area contributed by atoms with Crippen molar-refractivity contribution in [1.29, 1.82) is 0 Å². The third-order valence-electron chi connectivity index (χ3n) is 3.32. The van der Waals surface area contributed by atoms with Gasteiger partial charge in [-0.05, 0) is 39.2 Å². The van der Waals surface area contributed by atoms with E-state index < -0.39 is 11.0 Å². The van der Waals surface area contributed by atoms with Gasteiger partial charge in [0.05, 0.1) is 11.0 Å². The van der Waals surface area contributed by atoms with Crippen molar-refractivity contribution >= 4 is 5.69 Å². The van der Waals surface area contributed by atoms with Crippen molar-refractivity contribution in [2.45, 2.75) is 39.7 Å². The van der Waals surface area contributed by atoms with Crippen LogP contribution in [0, 0.1) is 10.1 Å². The highest BCUT2D eigenvalue weighted by molar-refractivity contribution is 5.35. The average Bonchev–Trinajstić information content (AvgIpc) is 2.38. The zero-order chi connectivity index (χ0) is 15.3. The molecule has 0 aliphatic carbocycles. The second-order valence-corrected chi connectivity index (χ2v) is 5.28. The molecule has 1 N–H and O–H groups in total. The maximum Gasteiger partial charge on any atom is 0.269 e. The SMILES string of the molecule is C=C(CC(C)=C(C)C)CC(O)c1cccc([N+](=O)[O-])c1. The predicted molar refractivity (Wildman–Crippen MR) is 80.5 cm³/mol. The monoisotopic (exact) mass is 275 g/mol. The van der Waals surface area contributed by atoms with Crippen LogP contribution < -0.4 is 0 Å². The normalized spacial score (nSPS) is 11.8. The van der Waals surface area contributed by atoms with Gasteiger partial charge in [-0.1, -0.05) is 35.4 Å². The van der Waals surface area contributed by atoms with Gasteiger partial charge in [0, 0.05) is 12.1 Å². The molecule has 1 atom stereocenters. The number of aliphatic hydroxyl groups is 1. The van der Waals surface area contributed by atoms with Crippen molar-refractivity contribution in [2.75, 3.05) is 0 Å². The number of hydrogen-bond donors (Lipinski definition) is 1. The van der Waals surface area contributed by atoms with Crippen LogP contribution >= 0.6 is 0 Å². The van der Waals surface area contributed by atoms with Crippen LogP contribution in [0.5, 0.6) is 0 Å². The number of nitro benzene ring substituents is 1. The summed E-state index contributed by atoms with van der Waals surface area (Å²) in [6.45, 7) is 10.1. The van der Waals surface area contributed by atoms with Gasteiger partial charge in [-0.2, -0.15) is 0 Å². The zero-order valence-corrected chi connectivity index (χ0v) is 12.2. The van der Waals surface area contributed by atoms with E-state index in [-0.39, 0.29) is 5.69 Å². The second-order valence-electron chi connectivity index (χ2n) is 5.28. The molecular formula is C16H21NO3.